The van der Waals surface area contributed by atoms with Crippen LogP contribution < -0.4 is 5.32 Å². The Kier molecular flexibility index (Phi) is 4.91. The number of urea groups is 1. The predicted molar refractivity (Wildman–Crippen MR) is 102 cm³/mol. The van der Waals surface area contributed by atoms with Crippen LogP contribution in [0.15, 0.2) is 66.7 Å². The maximum atomic E-state index is 13.0. The first-order chi connectivity index (χ1) is 12.1. The number of carbonyl (C=O) groups excluding carboxylic acids is 1. The Hall–Kier alpha value is -2.59. The Morgan fingerprint density at radius 1 is 1.08 bits per heavy atom. The van der Waals surface area contributed by atoms with Crippen LogP contribution in [0.1, 0.15) is 11.1 Å². The van der Waals surface area contributed by atoms with Gasteiger partial charge in [0.05, 0.1) is 0 Å². The number of nitrogens with zero attached hydrogens (tertiary/aromatic N) is 2. The molecular formula is C21H25N3O. The lowest BCUT2D eigenvalue weighted by Crippen LogP contribution is -2.53. The highest BCUT2D eigenvalue weighted by Crippen LogP contribution is 2.40. The molecule has 2 amide bonds. The molecule has 1 aliphatic rings. The van der Waals surface area contributed by atoms with E-state index in [2.05, 4.69) is 35.7 Å². The van der Waals surface area contributed by atoms with E-state index >= 15 is 0 Å². The zero-order valence-corrected chi connectivity index (χ0v) is 15.1. The van der Waals surface area contributed by atoms with Crippen LogP contribution in [0.4, 0.5) is 4.79 Å². The van der Waals surface area contributed by atoms with Gasteiger partial charge in [-0.3, -0.25) is 0 Å². The van der Waals surface area contributed by atoms with Gasteiger partial charge >= 0.3 is 6.03 Å². The molecule has 2 aromatic rings. The van der Waals surface area contributed by atoms with E-state index in [-0.39, 0.29) is 6.03 Å². The van der Waals surface area contributed by atoms with Gasteiger partial charge in [-0.2, -0.15) is 0 Å². The Balaban J connectivity index is 2.14. The van der Waals surface area contributed by atoms with Gasteiger partial charge in [-0.1, -0.05) is 60.7 Å². The van der Waals surface area contributed by atoms with Crippen molar-refractivity contribution in [3.05, 3.63) is 77.9 Å². The summed E-state index contributed by atoms with van der Waals surface area (Å²) < 4.78 is 0. The van der Waals surface area contributed by atoms with Crippen molar-refractivity contribution in [2.24, 2.45) is 0 Å². The number of carbonyl (C=O) groups is 1. The maximum Gasteiger partial charge on any atom is 0.320 e. The number of hydrogen-bond donors (Lipinski definition) is 1. The lowest BCUT2D eigenvalue weighted by Gasteiger charge is -2.39. The molecule has 0 bridgehead atoms. The Bertz CT molecular complexity index is 755. The van der Waals surface area contributed by atoms with E-state index in [1.54, 1.807) is 19.0 Å². The molecule has 1 aliphatic heterocycles. The van der Waals surface area contributed by atoms with Crippen LogP contribution in [0, 0.1) is 0 Å². The molecule has 4 nitrogen and oxygen atoms in total. The van der Waals surface area contributed by atoms with Gasteiger partial charge in [-0.05, 0) is 29.8 Å². The average molecular weight is 335 g/mol. The SMILES string of the molecule is CNCC1(c2ccccc2)C=C(c2ccccc2)CN1C(=O)N(C)C. The van der Waals surface area contributed by atoms with E-state index < -0.39 is 5.54 Å². The minimum atomic E-state index is -0.497. The molecule has 4 heteroatoms. The van der Waals surface area contributed by atoms with E-state index in [9.17, 15) is 4.79 Å². The lowest BCUT2D eigenvalue weighted by molar-refractivity contribution is 0.136. The normalized spacial score (nSPS) is 19.6. The third-order valence-corrected chi connectivity index (χ3v) is 4.70. The summed E-state index contributed by atoms with van der Waals surface area (Å²) in [4.78, 5) is 16.6. The van der Waals surface area contributed by atoms with Crippen LogP contribution >= 0.6 is 0 Å². The van der Waals surface area contributed by atoms with Gasteiger partial charge in [-0.15, -0.1) is 0 Å². The molecular weight excluding hydrogens is 310 g/mol. The number of rotatable bonds is 4. The number of amides is 2. The first-order valence-electron chi connectivity index (χ1n) is 8.54. The monoisotopic (exact) mass is 335 g/mol. The molecule has 0 fully saturated rings. The maximum absolute atomic E-state index is 13.0. The lowest BCUT2D eigenvalue weighted by atomic mass is 9.88. The minimum absolute atomic E-state index is 0.0151. The second-order valence-electron chi connectivity index (χ2n) is 6.62. The topological polar surface area (TPSA) is 35.6 Å². The summed E-state index contributed by atoms with van der Waals surface area (Å²) in [5.74, 6) is 0. The van der Waals surface area contributed by atoms with E-state index in [0.29, 0.717) is 13.1 Å². The highest BCUT2D eigenvalue weighted by molar-refractivity contribution is 5.83. The molecule has 0 saturated heterocycles. The van der Waals surface area contributed by atoms with Crippen molar-refractivity contribution in [2.75, 3.05) is 34.2 Å². The number of benzene rings is 2. The summed E-state index contributed by atoms with van der Waals surface area (Å²) in [5.41, 5.74) is 2.95. The first-order valence-corrected chi connectivity index (χ1v) is 8.54. The summed E-state index contributed by atoms with van der Waals surface area (Å²) >= 11 is 0. The number of likely N-dealkylation sites (N-methyl/N-ethyl adjacent to an activating group) is 1. The smallest absolute Gasteiger partial charge is 0.320 e. The molecule has 3 rings (SSSR count). The highest BCUT2D eigenvalue weighted by Gasteiger charge is 2.44. The summed E-state index contributed by atoms with van der Waals surface area (Å²) in [5, 5.41) is 3.29. The summed E-state index contributed by atoms with van der Waals surface area (Å²) in [6.45, 7) is 1.25. The van der Waals surface area contributed by atoms with Gasteiger partial charge in [0, 0.05) is 27.2 Å². The second kappa shape index (κ2) is 7.11. The fourth-order valence-electron chi connectivity index (χ4n) is 3.51. The average Bonchev–Trinajstić information content (AvgIpc) is 3.03. The van der Waals surface area contributed by atoms with Crippen molar-refractivity contribution >= 4 is 11.6 Å². The fourth-order valence-corrected chi connectivity index (χ4v) is 3.51. The van der Waals surface area contributed by atoms with Crippen LogP contribution in [-0.4, -0.2) is 50.1 Å². The third kappa shape index (κ3) is 3.17. The Labute approximate surface area is 149 Å². The second-order valence-corrected chi connectivity index (χ2v) is 6.62. The van der Waals surface area contributed by atoms with Crippen LogP contribution in [0.5, 0.6) is 0 Å². The zero-order chi connectivity index (χ0) is 17.9. The molecule has 1 unspecified atom stereocenters. The van der Waals surface area contributed by atoms with E-state index in [1.165, 1.54) is 5.57 Å². The van der Waals surface area contributed by atoms with Crippen LogP contribution in [-0.2, 0) is 5.54 Å². The molecule has 0 radical (unpaired) electrons. The van der Waals surface area contributed by atoms with Crippen molar-refractivity contribution in [3.8, 4) is 0 Å². The van der Waals surface area contributed by atoms with Crippen LogP contribution in [0.2, 0.25) is 0 Å². The van der Waals surface area contributed by atoms with Crippen molar-refractivity contribution < 1.29 is 4.79 Å². The number of nitrogens with one attached hydrogen (secondary N) is 1. The van der Waals surface area contributed by atoms with Crippen molar-refractivity contribution in [1.29, 1.82) is 0 Å². The molecule has 1 heterocycles. The molecule has 130 valence electrons. The Morgan fingerprint density at radius 3 is 2.24 bits per heavy atom. The Morgan fingerprint density at radius 2 is 1.68 bits per heavy atom. The summed E-state index contributed by atoms with van der Waals surface area (Å²) in [6, 6.07) is 20.6. The van der Waals surface area contributed by atoms with E-state index in [4.69, 9.17) is 0 Å². The van der Waals surface area contributed by atoms with Gasteiger partial charge in [0.15, 0.2) is 0 Å². The quantitative estimate of drug-likeness (QED) is 0.931. The van der Waals surface area contributed by atoms with Crippen LogP contribution in [0.3, 0.4) is 0 Å². The van der Waals surface area contributed by atoms with Gasteiger partial charge in [0.2, 0.25) is 0 Å². The third-order valence-electron chi connectivity index (χ3n) is 4.70. The van der Waals surface area contributed by atoms with Crippen molar-refractivity contribution in [2.45, 2.75) is 5.54 Å². The van der Waals surface area contributed by atoms with E-state index in [0.717, 1.165) is 11.1 Å². The van der Waals surface area contributed by atoms with Gasteiger partial charge < -0.3 is 15.1 Å². The van der Waals surface area contributed by atoms with Crippen molar-refractivity contribution in [1.82, 2.24) is 15.1 Å². The predicted octanol–water partition coefficient (Wildman–Crippen LogP) is 3.18. The molecule has 2 aromatic carbocycles. The molecule has 0 aromatic heterocycles. The zero-order valence-electron chi connectivity index (χ0n) is 15.1. The summed E-state index contributed by atoms with van der Waals surface area (Å²) in [7, 11) is 5.54. The first kappa shape index (κ1) is 17.2. The van der Waals surface area contributed by atoms with E-state index in [1.807, 2.05) is 48.3 Å². The van der Waals surface area contributed by atoms with Gasteiger partial charge in [0.25, 0.3) is 0 Å². The van der Waals surface area contributed by atoms with Gasteiger partial charge in [0.1, 0.15) is 5.54 Å². The molecule has 1 N–H and O–H groups in total. The molecule has 0 aliphatic carbocycles. The summed E-state index contributed by atoms with van der Waals surface area (Å²) in [6.07, 6.45) is 2.25. The minimum Gasteiger partial charge on any atom is -0.331 e. The van der Waals surface area contributed by atoms with Crippen molar-refractivity contribution in [3.63, 3.8) is 0 Å². The molecule has 0 saturated carbocycles. The largest absolute Gasteiger partial charge is 0.331 e. The molecule has 0 spiro atoms. The van der Waals surface area contributed by atoms with Gasteiger partial charge in [-0.25, -0.2) is 4.79 Å². The standard InChI is InChI=1S/C21H25N3O/c1-22-16-21(19-12-8-5-9-13-19)14-18(17-10-6-4-7-11-17)15-24(21)20(25)23(2)3/h4-14,22H,15-16H2,1-3H3. The molecule has 25 heavy (non-hydrogen) atoms. The van der Waals surface area contributed by atoms with Crippen LogP contribution in [0.25, 0.3) is 5.57 Å². The highest BCUT2D eigenvalue weighted by atomic mass is 16.2. The molecule has 1 atom stereocenters. The fraction of sp³-hybridized carbons (Fsp3) is 0.286. The number of hydrogen-bond acceptors (Lipinski definition) is 2.